The van der Waals surface area contributed by atoms with E-state index >= 15 is 0 Å². The molecule has 0 saturated carbocycles. The molecule has 4 nitrogen and oxygen atoms in total. The van der Waals surface area contributed by atoms with Gasteiger partial charge in [-0.25, -0.2) is 0 Å². The maximum atomic E-state index is 4.60. The Balaban J connectivity index is 2.19. The minimum Gasteiger partial charge on any atom is -0.309 e. The molecule has 2 unspecified atom stereocenters. The first-order valence-corrected chi connectivity index (χ1v) is 8.38. The van der Waals surface area contributed by atoms with Crippen molar-refractivity contribution >= 4 is 0 Å². The van der Waals surface area contributed by atoms with E-state index in [0.717, 1.165) is 31.9 Å². The highest BCUT2D eigenvalue weighted by atomic mass is 15.3. The van der Waals surface area contributed by atoms with Crippen LogP contribution < -0.4 is 5.32 Å². The molecule has 1 aromatic heterocycles. The predicted octanol–water partition coefficient (Wildman–Crippen LogP) is 2.81. The number of nitrogens with zero attached hydrogens (tertiary/aromatic N) is 3. The Labute approximate surface area is 129 Å². The number of aromatic nitrogens is 2. The Morgan fingerprint density at radius 1 is 1.43 bits per heavy atom. The van der Waals surface area contributed by atoms with Gasteiger partial charge in [0.25, 0.3) is 0 Å². The van der Waals surface area contributed by atoms with Crippen molar-refractivity contribution < 1.29 is 0 Å². The highest BCUT2D eigenvalue weighted by molar-refractivity contribution is 5.10. The number of nitrogens with one attached hydrogen (secondary N) is 1. The SMILES string of the molecule is CCC(C)C1CNC(C)(C)CN1Cc1cc(C)nn1CC. The van der Waals surface area contributed by atoms with Crippen LogP contribution >= 0.6 is 0 Å². The van der Waals surface area contributed by atoms with Crippen molar-refractivity contribution in [2.45, 2.75) is 72.6 Å². The van der Waals surface area contributed by atoms with Crippen molar-refractivity contribution in [1.82, 2.24) is 20.0 Å². The van der Waals surface area contributed by atoms with Crippen molar-refractivity contribution in [1.29, 1.82) is 0 Å². The lowest BCUT2D eigenvalue weighted by Gasteiger charge is -2.46. The van der Waals surface area contributed by atoms with Crippen molar-refractivity contribution in [2.24, 2.45) is 5.92 Å². The van der Waals surface area contributed by atoms with Crippen molar-refractivity contribution in [3.63, 3.8) is 0 Å². The lowest BCUT2D eigenvalue weighted by molar-refractivity contribution is 0.0549. The van der Waals surface area contributed by atoms with Gasteiger partial charge < -0.3 is 5.32 Å². The molecule has 1 saturated heterocycles. The minimum atomic E-state index is 0.191. The van der Waals surface area contributed by atoms with E-state index in [1.54, 1.807) is 0 Å². The molecule has 1 N–H and O–H groups in total. The molecule has 0 amide bonds. The molecule has 120 valence electrons. The molecule has 21 heavy (non-hydrogen) atoms. The number of rotatable bonds is 5. The smallest absolute Gasteiger partial charge is 0.0597 e. The van der Waals surface area contributed by atoms with Crippen LogP contribution in [0, 0.1) is 12.8 Å². The Morgan fingerprint density at radius 3 is 2.76 bits per heavy atom. The van der Waals surface area contributed by atoms with E-state index in [-0.39, 0.29) is 5.54 Å². The molecule has 1 aliphatic rings. The average molecular weight is 292 g/mol. The van der Waals surface area contributed by atoms with Crippen LogP contribution in [0.25, 0.3) is 0 Å². The molecule has 0 aliphatic carbocycles. The summed E-state index contributed by atoms with van der Waals surface area (Å²) in [4.78, 5) is 2.66. The third-order valence-electron chi connectivity index (χ3n) is 4.81. The molecular formula is C17H32N4. The average Bonchev–Trinajstić information content (AvgIpc) is 2.77. The van der Waals surface area contributed by atoms with E-state index in [2.05, 4.69) is 67.6 Å². The minimum absolute atomic E-state index is 0.191. The Kier molecular flexibility index (Phi) is 5.10. The van der Waals surface area contributed by atoms with E-state index in [9.17, 15) is 0 Å². The van der Waals surface area contributed by atoms with Gasteiger partial charge in [0.05, 0.1) is 11.4 Å². The first-order chi connectivity index (χ1) is 9.86. The fourth-order valence-electron chi connectivity index (χ4n) is 3.41. The zero-order chi connectivity index (χ0) is 15.6. The molecule has 0 radical (unpaired) electrons. The zero-order valence-electron chi connectivity index (χ0n) is 14.6. The summed E-state index contributed by atoms with van der Waals surface area (Å²) in [5.74, 6) is 0.715. The summed E-state index contributed by atoms with van der Waals surface area (Å²) in [6.45, 7) is 17.7. The summed E-state index contributed by atoms with van der Waals surface area (Å²) in [6, 6.07) is 2.86. The highest BCUT2D eigenvalue weighted by Gasteiger charge is 2.35. The van der Waals surface area contributed by atoms with Crippen LogP contribution in [0.4, 0.5) is 0 Å². The van der Waals surface area contributed by atoms with Crippen molar-refractivity contribution in [3.05, 3.63) is 17.5 Å². The normalized spacial score (nSPS) is 24.2. The molecule has 1 fully saturated rings. The summed E-state index contributed by atoms with van der Waals surface area (Å²) in [5, 5.41) is 8.30. The molecule has 4 heteroatoms. The van der Waals surface area contributed by atoms with Gasteiger partial charge in [-0.15, -0.1) is 0 Å². The summed E-state index contributed by atoms with van der Waals surface area (Å²) in [6.07, 6.45) is 1.23. The second-order valence-corrected chi connectivity index (χ2v) is 7.22. The summed E-state index contributed by atoms with van der Waals surface area (Å²) >= 11 is 0. The Bertz CT molecular complexity index is 463. The van der Waals surface area contributed by atoms with Gasteiger partial charge in [0.15, 0.2) is 0 Å². The molecule has 2 rings (SSSR count). The van der Waals surface area contributed by atoms with E-state index in [1.807, 2.05) is 0 Å². The Hall–Kier alpha value is -0.870. The van der Waals surface area contributed by atoms with E-state index in [1.165, 1.54) is 12.1 Å². The van der Waals surface area contributed by atoms with Gasteiger partial charge in [0.2, 0.25) is 0 Å². The van der Waals surface area contributed by atoms with E-state index in [0.29, 0.717) is 12.0 Å². The summed E-state index contributed by atoms with van der Waals surface area (Å²) < 4.78 is 2.15. The van der Waals surface area contributed by atoms with Crippen LogP contribution in [0.1, 0.15) is 52.4 Å². The number of piperazine rings is 1. The van der Waals surface area contributed by atoms with Crippen LogP contribution in [-0.2, 0) is 13.1 Å². The van der Waals surface area contributed by atoms with Gasteiger partial charge in [-0.2, -0.15) is 5.10 Å². The molecular weight excluding hydrogens is 260 g/mol. The van der Waals surface area contributed by atoms with E-state index < -0.39 is 0 Å². The molecule has 1 aliphatic heterocycles. The van der Waals surface area contributed by atoms with Gasteiger partial charge in [-0.1, -0.05) is 20.3 Å². The second-order valence-electron chi connectivity index (χ2n) is 7.22. The van der Waals surface area contributed by atoms with Crippen LogP contribution in [0.2, 0.25) is 0 Å². The largest absolute Gasteiger partial charge is 0.309 e. The van der Waals surface area contributed by atoms with Crippen LogP contribution in [0.5, 0.6) is 0 Å². The molecule has 1 aromatic rings. The van der Waals surface area contributed by atoms with E-state index in [4.69, 9.17) is 0 Å². The molecule has 0 spiro atoms. The second kappa shape index (κ2) is 6.49. The lowest BCUT2D eigenvalue weighted by atomic mass is 9.90. The molecule has 0 bridgehead atoms. The van der Waals surface area contributed by atoms with Crippen molar-refractivity contribution in [3.8, 4) is 0 Å². The standard InChI is InChI=1S/C17H32N4/c1-7-13(3)16-10-18-17(5,6)12-20(16)11-15-9-14(4)19-21(15)8-2/h9,13,16,18H,7-8,10-12H2,1-6H3. The third-order valence-corrected chi connectivity index (χ3v) is 4.81. The Morgan fingerprint density at radius 2 is 2.14 bits per heavy atom. The van der Waals surface area contributed by atoms with Crippen molar-refractivity contribution in [2.75, 3.05) is 13.1 Å². The quantitative estimate of drug-likeness (QED) is 0.906. The molecule has 2 atom stereocenters. The maximum absolute atomic E-state index is 4.60. The topological polar surface area (TPSA) is 33.1 Å². The van der Waals surface area contributed by atoms with Gasteiger partial charge >= 0.3 is 0 Å². The van der Waals surface area contributed by atoms with Crippen LogP contribution in [0.3, 0.4) is 0 Å². The number of aryl methyl sites for hydroxylation is 2. The molecule has 2 heterocycles. The first kappa shape index (κ1) is 16.5. The van der Waals surface area contributed by atoms with Gasteiger partial charge in [-0.3, -0.25) is 9.58 Å². The predicted molar refractivity (Wildman–Crippen MR) is 88.4 cm³/mol. The third kappa shape index (κ3) is 3.86. The van der Waals surface area contributed by atoms with Gasteiger partial charge in [0, 0.05) is 37.8 Å². The van der Waals surface area contributed by atoms with Crippen LogP contribution in [0.15, 0.2) is 6.07 Å². The summed E-state index contributed by atoms with van der Waals surface area (Å²) in [7, 11) is 0. The first-order valence-electron chi connectivity index (χ1n) is 8.38. The zero-order valence-corrected chi connectivity index (χ0v) is 14.6. The monoisotopic (exact) mass is 292 g/mol. The van der Waals surface area contributed by atoms with Gasteiger partial charge in [-0.05, 0) is 39.7 Å². The highest BCUT2D eigenvalue weighted by Crippen LogP contribution is 2.24. The number of hydrogen-bond donors (Lipinski definition) is 1. The lowest BCUT2D eigenvalue weighted by Crippen LogP contribution is -2.62. The van der Waals surface area contributed by atoms with Gasteiger partial charge in [0.1, 0.15) is 0 Å². The van der Waals surface area contributed by atoms with Crippen LogP contribution in [-0.4, -0.2) is 39.4 Å². The maximum Gasteiger partial charge on any atom is 0.0597 e. The number of hydrogen-bond acceptors (Lipinski definition) is 3. The summed E-state index contributed by atoms with van der Waals surface area (Å²) in [5.41, 5.74) is 2.66. The fraction of sp³-hybridized carbons (Fsp3) is 0.824. The fourth-order valence-corrected chi connectivity index (χ4v) is 3.41. The molecule has 0 aromatic carbocycles.